The first-order valence-electron chi connectivity index (χ1n) is 12.0. The Balaban J connectivity index is 1.31. The SMILES string of the molecule is COC[C@@H]1CCCN1C(=O)c1cn2c(C(=O)NC[C@@H]3CC[C@H]4C[C@@H]3C4(C)C)cccc2n1. The Bertz CT molecular complexity index is 1030. The number of ether oxygens (including phenoxy) is 1. The molecule has 4 fully saturated rings. The number of aromatic nitrogens is 2. The van der Waals surface area contributed by atoms with E-state index < -0.39 is 0 Å². The van der Waals surface area contributed by atoms with Gasteiger partial charge in [-0.25, -0.2) is 4.98 Å². The molecule has 4 aliphatic rings. The molecule has 1 N–H and O–H groups in total. The molecule has 7 nitrogen and oxygen atoms in total. The smallest absolute Gasteiger partial charge is 0.274 e. The third kappa shape index (κ3) is 3.51. The summed E-state index contributed by atoms with van der Waals surface area (Å²) in [5.74, 6) is 1.91. The number of nitrogens with zero attached hydrogens (tertiary/aromatic N) is 3. The van der Waals surface area contributed by atoms with Gasteiger partial charge >= 0.3 is 0 Å². The lowest BCUT2D eigenvalue weighted by Gasteiger charge is -2.60. The van der Waals surface area contributed by atoms with Crippen LogP contribution in [0.1, 0.15) is 66.9 Å². The molecule has 0 aromatic carbocycles. The lowest BCUT2D eigenvalue weighted by Crippen LogP contribution is -2.54. The van der Waals surface area contributed by atoms with Crippen molar-refractivity contribution in [2.24, 2.45) is 23.2 Å². The van der Waals surface area contributed by atoms with Gasteiger partial charge in [-0.1, -0.05) is 19.9 Å². The molecule has 32 heavy (non-hydrogen) atoms. The minimum atomic E-state index is -0.107. The van der Waals surface area contributed by atoms with Crippen molar-refractivity contribution < 1.29 is 14.3 Å². The summed E-state index contributed by atoms with van der Waals surface area (Å²) in [6.45, 7) is 6.72. The lowest BCUT2D eigenvalue weighted by molar-refractivity contribution is -0.103. The van der Waals surface area contributed by atoms with Crippen molar-refractivity contribution in [3.05, 3.63) is 35.8 Å². The number of carbonyl (C=O) groups is 2. The summed E-state index contributed by atoms with van der Waals surface area (Å²) in [6, 6.07) is 5.55. The van der Waals surface area contributed by atoms with Crippen molar-refractivity contribution in [3.8, 4) is 0 Å². The van der Waals surface area contributed by atoms with Crippen LogP contribution in [0.15, 0.2) is 24.4 Å². The predicted octanol–water partition coefficient (Wildman–Crippen LogP) is 3.39. The first kappa shape index (κ1) is 21.4. The van der Waals surface area contributed by atoms with Crippen LogP contribution in [0.4, 0.5) is 0 Å². The van der Waals surface area contributed by atoms with E-state index in [2.05, 4.69) is 24.1 Å². The summed E-state index contributed by atoms with van der Waals surface area (Å²) < 4.78 is 7.02. The van der Waals surface area contributed by atoms with Gasteiger partial charge in [-0.3, -0.25) is 14.0 Å². The molecule has 7 heteroatoms. The van der Waals surface area contributed by atoms with E-state index in [1.165, 1.54) is 19.3 Å². The molecule has 2 aromatic rings. The molecular weight excluding hydrogens is 404 g/mol. The number of carbonyl (C=O) groups excluding carboxylic acids is 2. The summed E-state index contributed by atoms with van der Waals surface area (Å²) in [4.78, 5) is 32.6. The molecule has 3 saturated carbocycles. The highest BCUT2D eigenvalue weighted by Crippen LogP contribution is 2.61. The molecule has 0 spiro atoms. The van der Waals surface area contributed by atoms with Crippen LogP contribution in [0.2, 0.25) is 0 Å². The van der Waals surface area contributed by atoms with Crippen molar-refractivity contribution in [2.45, 2.75) is 52.0 Å². The zero-order valence-electron chi connectivity index (χ0n) is 19.3. The molecule has 0 radical (unpaired) electrons. The standard InChI is InChI=1S/C25H34N4O3/c1-25(2)17-10-9-16(19(25)12-17)13-26-23(30)21-7-4-8-22-27-20(14-29(21)22)24(31)28-11-5-6-18(28)15-32-3/h4,7-8,14,16-19H,5-6,9-13,15H2,1-3H3,(H,26,30)/t16-,17-,18-,19-/m0/s1. The molecular formula is C25H34N4O3. The van der Waals surface area contributed by atoms with Crippen molar-refractivity contribution in [3.63, 3.8) is 0 Å². The van der Waals surface area contributed by atoms with E-state index in [4.69, 9.17) is 4.74 Å². The van der Waals surface area contributed by atoms with Crippen LogP contribution in [0.3, 0.4) is 0 Å². The van der Waals surface area contributed by atoms with Crippen LogP contribution in [0, 0.1) is 23.2 Å². The Morgan fingerprint density at radius 2 is 2.09 bits per heavy atom. The van der Waals surface area contributed by atoms with E-state index in [0.29, 0.717) is 54.0 Å². The van der Waals surface area contributed by atoms with Crippen LogP contribution in [-0.2, 0) is 4.74 Å². The van der Waals surface area contributed by atoms with Crippen molar-refractivity contribution >= 4 is 17.5 Å². The van der Waals surface area contributed by atoms with Gasteiger partial charge in [0.05, 0.1) is 12.6 Å². The van der Waals surface area contributed by atoms with E-state index >= 15 is 0 Å². The summed E-state index contributed by atoms with van der Waals surface area (Å²) in [5.41, 5.74) is 1.92. The van der Waals surface area contributed by atoms with E-state index in [0.717, 1.165) is 18.8 Å². The number of rotatable bonds is 6. The van der Waals surface area contributed by atoms with Gasteiger partial charge in [-0.05, 0) is 67.4 Å². The molecule has 4 atom stereocenters. The monoisotopic (exact) mass is 438 g/mol. The molecule has 0 unspecified atom stereocenters. The summed E-state index contributed by atoms with van der Waals surface area (Å²) >= 11 is 0. The highest BCUT2D eigenvalue weighted by Gasteiger charge is 2.53. The Hall–Kier alpha value is -2.41. The third-order valence-corrected chi connectivity index (χ3v) is 8.47. The van der Waals surface area contributed by atoms with Gasteiger partial charge in [-0.2, -0.15) is 0 Å². The fourth-order valence-corrected chi connectivity index (χ4v) is 6.44. The van der Waals surface area contributed by atoms with E-state index in [9.17, 15) is 9.59 Å². The maximum Gasteiger partial charge on any atom is 0.274 e. The number of pyridine rings is 1. The zero-order valence-corrected chi connectivity index (χ0v) is 19.3. The van der Waals surface area contributed by atoms with E-state index in [-0.39, 0.29) is 17.9 Å². The molecule has 1 saturated heterocycles. The zero-order chi connectivity index (χ0) is 22.5. The number of imidazole rings is 1. The fourth-order valence-electron chi connectivity index (χ4n) is 6.44. The molecule has 1 aliphatic heterocycles. The van der Waals surface area contributed by atoms with Crippen LogP contribution in [0.25, 0.3) is 5.65 Å². The summed E-state index contributed by atoms with van der Waals surface area (Å²) in [7, 11) is 1.66. The van der Waals surface area contributed by atoms with E-state index in [1.54, 1.807) is 23.8 Å². The Morgan fingerprint density at radius 1 is 1.25 bits per heavy atom. The van der Waals surface area contributed by atoms with Gasteiger partial charge in [0, 0.05) is 26.4 Å². The number of hydrogen-bond donors (Lipinski definition) is 1. The van der Waals surface area contributed by atoms with Gasteiger partial charge in [-0.15, -0.1) is 0 Å². The number of hydrogen-bond acceptors (Lipinski definition) is 4. The number of methoxy groups -OCH3 is 1. The lowest BCUT2D eigenvalue weighted by atomic mass is 9.45. The molecule has 2 aromatic heterocycles. The summed E-state index contributed by atoms with van der Waals surface area (Å²) in [5, 5.41) is 3.17. The second kappa shape index (κ2) is 8.18. The van der Waals surface area contributed by atoms with Gasteiger partial charge in [0.25, 0.3) is 11.8 Å². The van der Waals surface area contributed by atoms with Crippen LogP contribution >= 0.6 is 0 Å². The van der Waals surface area contributed by atoms with Gasteiger partial charge in [0.2, 0.25) is 0 Å². The number of amides is 2. The number of likely N-dealkylation sites (tertiary alicyclic amines) is 1. The number of nitrogens with one attached hydrogen (secondary N) is 1. The number of fused-ring (bicyclic) bond motifs is 3. The Labute approximate surface area is 189 Å². The average Bonchev–Trinajstić information content (AvgIpc) is 3.44. The molecule has 3 heterocycles. The van der Waals surface area contributed by atoms with Crippen LogP contribution in [0.5, 0.6) is 0 Å². The maximum absolute atomic E-state index is 13.1. The highest BCUT2D eigenvalue weighted by molar-refractivity contribution is 5.95. The maximum atomic E-state index is 13.1. The second-order valence-electron chi connectivity index (χ2n) is 10.4. The van der Waals surface area contributed by atoms with Crippen molar-refractivity contribution in [1.29, 1.82) is 0 Å². The Kier molecular flexibility index (Phi) is 5.48. The van der Waals surface area contributed by atoms with Gasteiger partial charge in [0.15, 0.2) is 0 Å². The fraction of sp³-hybridized carbons (Fsp3) is 0.640. The largest absolute Gasteiger partial charge is 0.383 e. The molecule has 3 aliphatic carbocycles. The van der Waals surface area contributed by atoms with E-state index in [1.807, 2.05) is 17.0 Å². The van der Waals surface area contributed by atoms with Crippen molar-refractivity contribution in [2.75, 3.05) is 26.8 Å². The minimum Gasteiger partial charge on any atom is -0.383 e. The first-order valence-corrected chi connectivity index (χ1v) is 12.0. The summed E-state index contributed by atoms with van der Waals surface area (Å²) in [6.07, 6.45) is 7.39. The van der Waals surface area contributed by atoms with Crippen molar-refractivity contribution in [1.82, 2.24) is 19.6 Å². The molecule has 2 amide bonds. The Morgan fingerprint density at radius 3 is 2.84 bits per heavy atom. The highest BCUT2D eigenvalue weighted by atomic mass is 16.5. The third-order valence-electron chi connectivity index (χ3n) is 8.47. The first-order chi connectivity index (χ1) is 15.4. The van der Waals surface area contributed by atoms with Gasteiger partial charge in [0.1, 0.15) is 17.0 Å². The van der Waals surface area contributed by atoms with Gasteiger partial charge < -0.3 is 15.0 Å². The predicted molar refractivity (Wildman–Crippen MR) is 122 cm³/mol. The quantitative estimate of drug-likeness (QED) is 0.750. The van der Waals surface area contributed by atoms with Crippen LogP contribution in [-0.4, -0.2) is 58.9 Å². The second-order valence-corrected chi connectivity index (χ2v) is 10.4. The molecule has 2 bridgehead atoms. The molecule has 172 valence electrons. The normalized spacial score (nSPS) is 28.5. The minimum absolute atomic E-state index is 0.0888. The topological polar surface area (TPSA) is 75.9 Å². The molecule has 6 rings (SSSR count). The van der Waals surface area contributed by atoms with Crippen LogP contribution < -0.4 is 5.32 Å². The average molecular weight is 439 g/mol.